The first kappa shape index (κ1) is 13.8. The average Bonchev–Trinajstić information content (AvgIpc) is 1.89. The molecule has 0 saturated heterocycles. The fraction of sp³-hybridized carbons (Fsp3) is 0.875. The van der Waals surface area contributed by atoms with E-state index in [9.17, 15) is 4.79 Å². The fourth-order valence-corrected chi connectivity index (χ4v) is 0.752. The van der Waals surface area contributed by atoms with Gasteiger partial charge in [0.1, 0.15) is 0 Å². The van der Waals surface area contributed by atoms with E-state index in [0.29, 0.717) is 13.0 Å². The minimum atomic E-state index is -0.0593. The van der Waals surface area contributed by atoms with E-state index in [1.165, 1.54) is 0 Å². The third kappa shape index (κ3) is 10.2. The second-order valence-electron chi connectivity index (χ2n) is 2.26. The van der Waals surface area contributed by atoms with Crippen LogP contribution in [0.5, 0.6) is 0 Å². The molecule has 3 heteroatoms. The zero-order valence-electron chi connectivity index (χ0n) is 7.35. The molecule has 0 aliphatic carbocycles. The van der Waals surface area contributed by atoms with E-state index in [2.05, 4.69) is 6.92 Å². The standard InChI is InChI=1S/C8H16O2.Ti/c1-3-5-6-7-8(9)10-4-2;/h3-7H2,1-2H3;. The molecule has 11 heavy (non-hydrogen) atoms. The molecule has 0 aromatic heterocycles. The average molecular weight is 192 g/mol. The van der Waals surface area contributed by atoms with Crippen LogP contribution in [0.3, 0.4) is 0 Å². The van der Waals surface area contributed by atoms with Gasteiger partial charge >= 0.3 is 5.97 Å². The topological polar surface area (TPSA) is 26.3 Å². The number of carbonyl (C=O) groups excluding carboxylic acids is 1. The number of hydrogen-bond acceptors (Lipinski definition) is 2. The smallest absolute Gasteiger partial charge is 0.305 e. The predicted octanol–water partition coefficient (Wildman–Crippen LogP) is 2.13. The molecule has 0 rings (SSSR count). The second kappa shape index (κ2) is 10.2. The molecule has 2 nitrogen and oxygen atoms in total. The van der Waals surface area contributed by atoms with Crippen molar-refractivity contribution in [2.45, 2.75) is 39.5 Å². The molecule has 0 amide bonds. The summed E-state index contributed by atoms with van der Waals surface area (Å²) in [4.78, 5) is 10.7. The second-order valence-corrected chi connectivity index (χ2v) is 2.26. The van der Waals surface area contributed by atoms with Gasteiger partial charge in [-0.05, 0) is 13.3 Å². The largest absolute Gasteiger partial charge is 0.466 e. The van der Waals surface area contributed by atoms with Crippen molar-refractivity contribution in [2.24, 2.45) is 0 Å². The van der Waals surface area contributed by atoms with E-state index in [1.807, 2.05) is 6.92 Å². The van der Waals surface area contributed by atoms with E-state index >= 15 is 0 Å². The summed E-state index contributed by atoms with van der Waals surface area (Å²) in [5, 5.41) is 0. The first-order valence-corrected chi connectivity index (χ1v) is 3.96. The van der Waals surface area contributed by atoms with Crippen LogP contribution in [0.2, 0.25) is 0 Å². The Labute approximate surface area is 83.6 Å². The molecule has 0 radical (unpaired) electrons. The summed E-state index contributed by atoms with van der Waals surface area (Å²) in [6.45, 7) is 4.45. The van der Waals surface area contributed by atoms with Crippen molar-refractivity contribution in [1.82, 2.24) is 0 Å². The molecule has 0 aromatic rings. The normalized spacial score (nSPS) is 8.55. The number of ether oxygens (including phenoxy) is 1. The predicted molar refractivity (Wildman–Crippen MR) is 40.8 cm³/mol. The Balaban J connectivity index is 0. The summed E-state index contributed by atoms with van der Waals surface area (Å²) in [5.74, 6) is -0.0593. The van der Waals surface area contributed by atoms with Gasteiger partial charge in [0.05, 0.1) is 6.61 Å². The Morgan fingerprint density at radius 1 is 1.27 bits per heavy atom. The van der Waals surface area contributed by atoms with Gasteiger partial charge in [0.15, 0.2) is 0 Å². The van der Waals surface area contributed by atoms with Gasteiger partial charge in [0.25, 0.3) is 0 Å². The van der Waals surface area contributed by atoms with E-state index in [0.717, 1.165) is 19.3 Å². The quantitative estimate of drug-likeness (QED) is 0.379. The fourth-order valence-electron chi connectivity index (χ4n) is 0.752. The van der Waals surface area contributed by atoms with Gasteiger partial charge < -0.3 is 4.74 Å². The van der Waals surface area contributed by atoms with Gasteiger partial charge in [0, 0.05) is 28.1 Å². The van der Waals surface area contributed by atoms with Crippen LogP contribution >= 0.6 is 0 Å². The van der Waals surface area contributed by atoms with Gasteiger partial charge in [-0.15, -0.1) is 0 Å². The van der Waals surface area contributed by atoms with Crippen LogP contribution in [0.15, 0.2) is 0 Å². The summed E-state index contributed by atoms with van der Waals surface area (Å²) in [6, 6.07) is 0. The van der Waals surface area contributed by atoms with Crippen LogP contribution in [-0.2, 0) is 31.2 Å². The number of rotatable bonds is 5. The van der Waals surface area contributed by atoms with Crippen LogP contribution in [-0.4, -0.2) is 12.6 Å². The maximum absolute atomic E-state index is 10.7. The molecule has 0 bridgehead atoms. The van der Waals surface area contributed by atoms with Crippen LogP contribution in [0.1, 0.15) is 39.5 Å². The number of carbonyl (C=O) groups is 1. The Morgan fingerprint density at radius 2 is 1.91 bits per heavy atom. The van der Waals surface area contributed by atoms with Crippen LogP contribution in [0, 0.1) is 0 Å². The minimum Gasteiger partial charge on any atom is -0.466 e. The first-order chi connectivity index (χ1) is 4.81. The summed E-state index contributed by atoms with van der Waals surface area (Å²) < 4.78 is 4.75. The summed E-state index contributed by atoms with van der Waals surface area (Å²) >= 11 is 0. The Morgan fingerprint density at radius 3 is 2.36 bits per heavy atom. The Bertz CT molecular complexity index is 94.1. The van der Waals surface area contributed by atoms with Crippen molar-refractivity contribution in [1.29, 1.82) is 0 Å². The van der Waals surface area contributed by atoms with Gasteiger partial charge in [-0.25, -0.2) is 0 Å². The summed E-state index contributed by atoms with van der Waals surface area (Å²) in [7, 11) is 0. The third-order valence-electron chi connectivity index (χ3n) is 1.29. The van der Waals surface area contributed by atoms with Crippen LogP contribution in [0.4, 0.5) is 0 Å². The van der Waals surface area contributed by atoms with Gasteiger partial charge in [0.2, 0.25) is 0 Å². The zero-order valence-corrected chi connectivity index (χ0v) is 8.91. The Kier molecular flexibility index (Phi) is 12.7. The van der Waals surface area contributed by atoms with E-state index in [-0.39, 0.29) is 27.7 Å². The molecule has 0 saturated carbocycles. The van der Waals surface area contributed by atoms with Crippen LogP contribution in [0.25, 0.3) is 0 Å². The van der Waals surface area contributed by atoms with Crippen molar-refractivity contribution in [2.75, 3.05) is 6.61 Å². The van der Waals surface area contributed by atoms with Crippen molar-refractivity contribution >= 4 is 5.97 Å². The van der Waals surface area contributed by atoms with Crippen LogP contribution < -0.4 is 0 Å². The molecule has 0 N–H and O–H groups in total. The molecular weight excluding hydrogens is 176 g/mol. The maximum atomic E-state index is 10.7. The molecule has 0 spiro atoms. The summed E-state index contributed by atoms with van der Waals surface area (Å²) in [6.07, 6.45) is 3.83. The molecule has 64 valence electrons. The molecule has 0 unspecified atom stereocenters. The SMILES string of the molecule is CCCCCC(=O)OCC.[Ti]. The number of unbranched alkanes of at least 4 members (excludes halogenated alkanes) is 2. The van der Waals surface area contributed by atoms with Crippen molar-refractivity contribution in [3.05, 3.63) is 0 Å². The van der Waals surface area contributed by atoms with E-state index in [4.69, 9.17) is 4.74 Å². The molecule has 0 aliphatic heterocycles. The summed E-state index contributed by atoms with van der Waals surface area (Å²) in [5.41, 5.74) is 0. The number of esters is 1. The monoisotopic (exact) mass is 192 g/mol. The van der Waals surface area contributed by atoms with Gasteiger partial charge in [-0.3, -0.25) is 4.79 Å². The molecular formula is C8H16O2Ti. The van der Waals surface area contributed by atoms with Crippen molar-refractivity contribution in [3.8, 4) is 0 Å². The zero-order chi connectivity index (χ0) is 7.82. The first-order valence-electron chi connectivity index (χ1n) is 3.96. The van der Waals surface area contributed by atoms with Crippen molar-refractivity contribution < 1.29 is 31.2 Å². The van der Waals surface area contributed by atoms with E-state index < -0.39 is 0 Å². The van der Waals surface area contributed by atoms with E-state index in [1.54, 1.807) is 0 Å². The minimum absolute atomic E-state index is 0. The molecule has 0 atom stereocenters. The molecule has 0 aliphatic rings. The Hall–Kier alpha value is 0.184. The molecule has 0 aromatic carbocycles. The number of hydrogen-bond donors (Lipinski definition) is 0. The molecule has 0 fully saturated rings. The maximum Gasteiger partial charge on any atom is 0.305 e. The van der Waals surface area contributed by atoms with Gasteiger partial charge in [-0.1, -0.05) is 19.8 Å². The van der Waals surface area contributed by atoms with Gasteiger partial charge in [-0.2, -0.15) is 0 Å². The molecule has 0 heterocycles. The van der Waals surface area contributed by atoms with Crippen molar-refractivity contribution in [3.63, 3.8) is 0 Å². The third-order valence-corrected chi connectivity index (χ3v) is 1.29.